The maximum Gasteiger partial charge on any atom is 0.416 e. The molecule has 2 aromatic rings. The topological polar surface area (TPSA) is 62.3 Å². The third-order valence-electron chi connectivity index (χ3n) is 4.15. The number of carbonyl (C=O) groups excluding carboxylic acids is 2. The predicted molar refractivity (Wildman–Crippen MR) is 88.0 cm³/mol. The fourth-order valence-corrected chi connectivity index (χ4v) is 2.81. The number of rotatable bonds is 4. The van der Waals surface area contributed by atoms with Crippen LogP contribution in [0.25, 0.3) is 0 Å². The summed E-state index contributed by atoms with van der Waals surface area (Å²) in [6.45, 7) is 0.280. The highest BCUT2D eigenvalue weighted by Gasteiger charge is 2.36. The van der Waals surface area contributed by atoms with Crippen LogP contribution in [-0.2, 0) is 22.3 Å². The molecule has 1 aromatic carbocycles. The van der Waals surface area contributed by atoms with Gasteiger partial charge in [0.25, 0.3) is 0 Å². The lowest BCUT2D eigenvalue weighted by atomic mass is 10.1. The zero-order valence-electron chi connectivity index (χ0n) is 13.7. The van der Waals surface area contributed by atoms with Gasteiger partial charge in [-0.15, -0.1) is 0 Å². The van der Waals surface area contributed by atoms with Crippen LogP contribution in [0, 0.1) is 5.92 Å². The van der Waals surface area contributed by atoms with Crippen molar-refractivity contribution in [3.05, 3.63) is 59.9 Å². The highest BCUT2D eigenvalue weighted by atomic mass is 19.4. The van der Waals surface area contributed by atoms with Crippen molar-refractivity contribution in [2.75, 3.05) is 11.4 Å². The molecule has 0 radical (unpaired) electrons. The van der Waals surface area contributed by atoms with Crippen molar-refractivity contribution < 1.29 is 22.8 Å². The lowest BCUT2D eigenvalue weighted by Crippen LogP contribution is -2.32. The van der Waals surface area contributed by atoms with Gasteiger partial charge in [-0.3, -0.25) is 14.6 Å². The maximum absolute atomic E-state index is 12.8. The summed E-state index contributed by atoms with van der Waals surface area (Å²) in [5.41, 5.74) is -0.00406. The minimum atomic E-state index is -4.49. The van der Waals surface area contributed by atoms with Gasteiger partial charge in [0.15, 0.2) is 0 Å². The normalized spacial score (nSPS) is 17.4. The van der Waals surface area contributed by atoms with E-state index in [0.29, 0.717) is 5.69 Å². The summed E-state index contributed by atoms with van der Waals surface area (Å²) >= 11 is 0. The predicted octanol–water partition coefficient (Wildman–Crippen LogP) is 2.77. The van der Waals surface area contributed by atoms with E-state index in [1.807, 2.05) is 0 Å². The van der Waals surface area contributed by atoms with Crippen LogP contribution in [0.1, 0.15) is 17.7 Å². The Hall–Kier alpha value is -2.90. The Bertz CT molecular complexity index is 809. The number of amides is 2. The van der Waals surface area contributed by atoms with E-state index < -0.39 is 17.7 Å². The minimum Gasteiger partial charge on any atom is -0.350 e. The number of halogens is 3. The summed E-state index contributed by atoms with van der Waals surface area (Å²) in [5, 5.41) is 2.71. The van der Waals surface area contributed by atoms with Gasteiger partial charge in [-0.2, -0.15) is 13.2 Å². The maximum atomic E-state index is 12.8. The molecule has 0 bridgehead atoms. The average molecular weight is 363 g/mol. The van der Waals surface area contributed by atoms with Crippen LogP contribution in [0.3, 0.4) is 0 Å². The highest BCUT2D eigenvalue weighted by molar-refractivity contribution is 6.00. The van der Waals surface area contributed by atoms with Crippen molar-refractivity contribution in [3.63, 3.8) is 0 Å². The second kappa shape index (κ2) is 7.15. The first kappa shape index (κ1) is 17.9. The lowest BCUT2D eigenvalue weighted by molar-refractivity contribution is -0.137. The van der Waals surface area contributed by atoms with Gasteiger partial charge in [0.1, 0.15) is 0 Å². The van der Waals surface area contributed by atoms with Gasteiger partial charge < -0.3 is 10.2 Å². The van der Waals surface area contributed by atoms with Crippen LogP contribution in [0.15, 0.2) is 48.7 Å². The van der Waals surface area contributed by atoms with Crippen LogP contribution in [0.5, 0.6) is 0 Å². The molecule has 2 amide bonds. The highest BCUT2D eigenvalue weighted by Crippen LogP contribution is 2.33. The number of hydrogen-bond acceptors (Lipinski definition) is 3. The summed E-state index contributed by atoms with van der Waals surface area (Å²) in [6.07, 6.45) is -2.92. The van der Waals surface area contributed by atoms with Crippen LogP contribution >= 0.6 is 0 Å². The van der Waals surface area contributed by atoms with Gasteiger partial charge in [0.2, 0.25) is 11.8 Å². The molecule has 136 valence electrons. The Kier molecular flexibility index (Phi) is 4.92. The Morgan fingerprint density at radius 1 is 1.23 bits per heavy atom. The van der Waals surface area contributed by atoms with Crippen LogP contribution < -0.4 is 10.2 Å². The van der Waals surface area contributed by atoms with E-state index in [0.717, 1.165) is 12.1 Å². The van der Waals surface area contributed by atoms with Gasteiger partial charge in [-0.1, -0.05) is 12.1 Å². The van der Waals surface area contributed by atoms with E-state index in [2.05, 4.69) is 10.3 Å². The van der Waals surface area contributed by atoms with E-state index in [4.69, 9.17) is 0 Å². The molecule has 26 heavy (non-hydrogen) atoms. The molecule has 1 aromatic heterocycles. The molecular formula is C18H16F3N3O2. The number of alkyl halides is 3. The second-order valence-corrected chi connectivity index (χ2v) is 5.99. The average Bonchev–Trinajstić information content (AvgIpc) is 3.02. The largest absolute Gasteiger partial charge is 0.416 e. The number of anilines is 1. The summed E-state index contributed by atoms with van der Waals surface area (Å²) in [4.78, 5) is 29.8. The van der Waals surface area contributed by atoms with Crippen molar-refractivity contribution in [2.45, 2.75) is 19.1 Å². The minimum absolute atomic E-state index is 0.0374. The molecular weight excluding hydrogens is 347 g/mol. The van der Waals surface area contributed by atoms with Gasteiger partial charge in [-0.25, -0.2) is 0 Å². The first-order valence-electron chi connectivity index (χ1n) is 8.00. The van der Waals surface area contributed by atoms with Gasteiger partial charge in [0.05, 0.1) is 23.7 Å². The monoisotopic (exact) mass is 363 g/mol. The molecule has 2 heterocycles. The molecule has 0 saturated carbocycles. The number of hydrogen-bond donors (Lipinski definition) is 1. The van der Waals surface area contributed by atoms with Crippen LogP contribution in [0.2, 0.25) is 0 Å². The number of aromatic nitrogens is 1. The van der Waals surface area contributed by atoms with E-state index in [1.54, 1.807) is 24.4 Å². The fourth-order valence-electron chi connectivity index (χ4n) is 2.81. The molecule has 1 N–H and O–H groups in total. The van der Waals surface area contributed by atoms with Crippen LogP contribution in [-0.4, -0.2) is 23.3 Å². The fraction of sp³-hybridized carbons (Fsp3) is 0.278. The summed E-state index contributed by atoms with van der Waals surface area (Å²) in [7, 11) is 0. The Balaban J connectivity index is 1.66. The lowest BCUT2D eigenvalue weighted by Gasteiger charge is -2.18. The Morgan fingerprint density at radius 2 is 2.04 bits per heavy atom. The molecule has 1 atom stereocenters. The molecule has 3 rings (SSSR count). The SMILES string of the molecule is O=C(NCc1ccccn1)C1CC(=O)N(c2cccc(C(F)(F)F)c2)C1. The molecule has 8 heteroatoms. The van der Waals surface area contributed by atoms with E-state index >= 15 is 0 Å². The van der Waals surface area contributed by atoms with Gasteiger partial charge >= 0.3 is 6.18 Å². The summed E-state index contributed by atoms with van der Waals surface area (Å²) < 4.78 is 38.5. The third kappa shape index (κ3) is 4.01. The summed E-state index contributed by atoms with van der Waals surface area (Å²) in [6, 6.07) is 9.86. The van der Waals surface area contributed by atoms with E-state index in [1.165, 1.54) is 17.0 Å². The number of nitrogens with zero attached hydrogens (tertiary/aromatic N) is 2. The van der Waals surface area contributed by atoms with E-state index in [9.17, 15) is 22.8 Å². The molecule has 0 aliphatic carbocycles. The third-order valence-corrected chi connectivity index (χ3v) is 4.15. The number of benzene rings is 1. The van der Waals surface area contributed by atoms with E-state index in [-0.39, 0.29) is 37.0 Å². The zero-order chi connectivity index (χ0) is 18.7. The first-order valence-corrected chi connectivity index (χ1v) is 8.00. The molecule has 1 fully saturated rings. The molecule has 5 nitrogen and oxygen atoms in total. The van der Waals surface area contributed by atoms with Gasteiger partial charge in [-0.05, 0) is 30.3 Å². The molecule has 1 unspecified atom stereocenters. The molecule has 1 saturated heterocycles. The molecule has 1 aliphatic rings. The quantitative estimate of drug-likeness (QED) is 0.909. The summed E-state index contributed by atoms with van der Waals surface area (Å²) in [5.74, 6) is -1.30. The standard InChI is InChI=1S/C18H16F3N3O2/c19-18(20,21)13-4-3-6-15(9-13)24-11-12(8-16(24)25)17(26)23-10-14-5-1-2-7-22-14/h1-7,9,12H,8,10-11H2,(H,23,26). The van der Waals surface area contributed by atoms with Crippen LogP contribution in [0.4, 0.5) is 18.9 Å². The zero-order valence-corrected chi connectivity index (χ0v) is 13.7. The van der Waals surface area contributed by atoms with Crippen molar-refractivity contribution >= 4 is 17.5 Å². The van der Waals surface area contributed by atoms with Crippen molar-refractivity contribution in [1.82, 2.24) is 10.3 Å². The molecule has 0 spiro atoms. The number of nitrogens with one attached hydrogen (secondary N) is 1. The molecule has 1 aliphatic heterocycles. The van der Waals surface area contributed by atoms with Crippen molar-refractivity contribution in [3.8, 4) is 0 Å². The van der Waals surface area contributed by atoms with Crippen molar-refractivity contribution in [2.24, 2.45) is 5.92 Å². The Morgan fingerprint density at radius 3 is 2.73 bits per heavy atom. The number of carbonyl (C=O) groups is 2. The Labute approximate surface area is 147 Å². The smallest absolute Gasteiger partial charge is 0.350 e. The number of pyridine rings is 1. The van der Waals surface area contributed by atoms with Gasteiger partial charge in [0, 0.05) is 24.8 Å². The first-order chi connectivity index (χ1) is 12.3. The van der Waals surface area contributed by atoms with Crippen molar-refractivity contribution in [1.29, 1.82) is 0 Å². The second-order valence-electron chi connectivity index (χ2n) is 5.99.